The number of benzene rings is 4. The number of hydrazone groups is 1. The van der Waals surface area contributed by atoms with E-state index in [1.165, 1.54) is 11.1 Å². The van der Waals surface area contributed by atoms with Gasteiger partial charge in [-0.2, -0.15) is 5.10 Å². The summed E-state index contributed by atoms with van der Waals surface area (Å²) in [7, 11) is 0. The van der Waals surface area contributed by atoms with Gasteiger partial charge in [-0.15, -0.1) is 11.8 Å². The van der Waals surface area contributed by atoms with Crippen LogP contribution in [0.5, 0.6) is 0 Å². The minimum absolute atomic E-state index is 0.222. The normalized spacial score (nSPS) is 19.4. The number of rotatable bonds is 7. The van der Waals surface area contributed by atoms with Gasteiger partial charge in [0.1, 0.15) is 0 Å². The summed E-state index contributed by atoms with van der Waals surface area (Å²) in [4.78, 5) is 14.0. The molecule has 2 N–H and O–H groups in total. The van der Waals surface area contributed by atoms with E-state index in [2.05, 4.69) is 76.5 Å². The second-order valence-corrected chi connectivity index (χ2v) is 11.8. The van der Waals surface area contributed by atoms with Crippen LogP contribution in [-0.4, -0.2) is 11.6 Å². The Morgan fingerprint density at radius 2 is 1.73 bits per heavy atom. The quantitative estimate of drug-likeness (QED) is 0.102. The van der Waals surface area contributed by atoms with Crippen LogP contribution < -0.4 is 10.7 Å². The highest BCUT2D eigenvalue weighted by atomic mass is 35.5. The Kier molecular flexibility index (Phi) is 7.76. The molecule has 1 aliphatic carbocycles. The van der Waals surface area contributed by atoms with E-state index < -0.39 is 0 Å². The van der Waals surface area contributed by atoms with Crippen molar-refractivity contribution in [2.45, 2.75) is 36.0 Å². The number of nitrogens with zero attached hydrogens (tertiary/aromatic N) is 1. The summed E-state index contributed by atoms with van der Waals surface area (Å²) in [5.74, 6) is 1.44. The van der Waals surface area contributed by atoms with E-state index in [1.807, 2.05) is 55.5 Å². The van der Waals surface area contributed by atoms with Crippen LogP contribution in [0.1, 0.15) is 57.9 Å². The van der Waals surface area contributed by atoms with Crippen molar-refractivity contribution in [1.29, 1.82) is 0 Å². The Labute approximate surface area is 244 Å². The van der Waals surface area contributed by atoms with E-state index in [-0.39, 0.29) is 11.9 Å². The summed E-state index contributed by atoms with van der Waals surface area (Å²) in [6, 6.07) is 32.9. The van der Waals surface area contributed by atoms with Crippen molar-refractivity contribution in [2.75, 3.05) is 5.32 Å². The molecule has 6 heteroatoms. The minimum Gasteiger partial charge on any atom is -0.378 e. The molecule has 0 radical (unpaired) electrons. The number of amides is 1. The first-order valence-electron chi connectivity index (χ1n) is 13.5. The topological polar surface area (TPSA) is 53.5 Å². The number of allylic oxidation sites excluding steroid dienone is 2. The fourth-order valence-electron chi connectivity index (χ4n) is 5.52. The van der Waals surface area contributed by atoms with Crippen molar-refractivity contribution in [3.05, 3.63) is 142 Å². The molecule has 1 aliphatic heterocycles. The second-order valence-electron chi connectivity index (χ2n) is 10.3. The molecule has 0 unspecified atom stereocenters. The summed E-state index contributed by atoms with van der Waals surface area (Å²) in [5.41, 5.74) is 10.0. The molecule has 6 rings (SSSR count). The van der Waals surface area contributed by atoms with Crippen molar-refractivity contribution >= 4 is 40.7 Å². The van der Waals surface area contributed by atoms with Crippen LogP contribution in [0.4, 0.5) is 5.69 Å². The number of hydrogen-bond acceptors (Lipinski definition) is 4. The lowest BCUT2D eigenvalue weighted by atomic mass is 9.76. The summed E-state index contributed by atoms with van der Waals surface area (Å²) < 4.78 is 0. The number of nitrogens with one attached hydrogen (secondary N) is 2. The highest BCUT2D eigenvalue weighted by molar-refractivity contribution is 7.98. The van der Waals surface area contributed by atoms with Crippen LogP contribution >= 0.6 is 23.4 Å². The molecule has 4 aromatic rings. The molecular weight excluding hydrogens is 534 g/mol. The van der Waals surface area contributed by atoms with Crippen molar-refractivity contribution in [1.82, 2.24) is 5.43 Å². The first-order chi connectivity index (χ1) is 19.5. The van der Waals surface area contributed by atoms with E-state index in [4.69, 9.17) is 11.6 Å². The van der Waals surface area contributed by atoms with Crippen molar-refractivity contribution in [3.63, 3.8) is 0 Å². The monoisotopic (exact) mass is 563 g/mol. The third-order valence-electron chi connectivity index (χ3n) is 7.70. The second kappa shape index (κ2) is 11.7. The summed E-state index contributed by atoms with van der Waals surface area (Å²) in [6.07, 6.45) is 5.70. The standard InChI is InChI=1S/C34H30ClN3OS/c1-22(37-38-34(39)25-12-10-23(11-13-25)21-40-28-17-15-27(35)16-18-28)26-14-19-32-31(20-26)29-8-5-9-30(29)33(36-32)24-6-3-2-4-7-24/h2-8,10-20,29-30,33,36H,9,21H2,1H3,(H,38,39)/b37-22-/t29-,30+,33+/m1/s1. The van der Waals surface area contributed by atoms with Crippen LogP contribution in [0.15, 0.2) is 119 Å². The number of fused-ring (bicyclic) bond motifs is 3. The molecule has 0 aromatic heterocycles. The average Bonchev–Trinajstić information content (AvgIpc) is 3.50. The number of hydrogen-bond donors (Lipinski definition) is 2. The van der Waals surface area contributed by atoms with Crippen LogP contribution in [0, 0.1) is 5.92 Å². The first kappa shape index (κ1) is 26.4. The zero-order chi connectivity index (χ0) is 27.5. The molecule has 200 valence electrons. The Hall–Kier alpha value is -3.80. The van der Waals surface area contributed by atoms with Crippen LogP contribution in [0.2, 0.25) is 5.02 Å². The molecule has 3 atom stereocenters. The van der Waals surface area contributed by atoms with Crippen molar-refractivity contribution in [2.24, 2.45) is 11.0 Å². The molecule has 0 fully saturated rings. The van der Waals surface area contributed by atoms with Gasteiger partial charge in [0.05, 0.1) is 11.8 Å². The highest BCUT2D eigenvalue weighted by Crippen LogP contribution is 2.49. The molecule has 4 aromatic carbocycles. The maximum absolute atomic E-state index is 12.8. The van der Waals surface area contributed by atoms with E-state index >= 15 is 0 Å². The number of carbonyl (C=O) groups is 1. The molecule has 1 amide bonds. The molecule has 40 heavy (non-hydrogen) atoms. The lowest BCUT2D eigenvalue weighted by molar-refractivity contribution is 0.0955. The Bertz CT molecular complexity index is 1570. The number of anilines is 1. The van der Waals surface area contributed by atoms with Crippen LogP contribution in [0.3, 0.4) is 0 Å². The van der Waals surface area contributed by atoms with Gasteiger partial charge in [0.25, 0.3) is 5.91 Å². The predicted octanol–water partition coefficient (Wildman–Crippen LogP) is 8.61. The van der Waals surface area contributed by atoms with Gasteiger partial charge in [0, 0.05) is 32.8 Å². The van der Waals surface area contributed by atoms with Gasteiger partial charge in [-0.05, 0) is 90.0 Å². The molecule has 1 heterocycles. The Balaban J connectivity index is 1.11. The van der Waals surface area contributed by atoms with Gasteiger partial charge in [0.15, 0.2) is 0 Å². The van der Waals surface area contributed by atoms with Gasteiger partial charge in [-0.25, -0.2) is 5.43 Å². The Morgan fingerprint density at radius 1 is 0.975 bits per heavy atom. The van der Waals surface area contributed by atoms with E-state index in [1.54, 1.807) is 11.8 Å². The van der Waals surface area contributed by atoms with E-state index in [0.29, 0.717) is 17.4 Å². The minimum atomic E-state index is -0.222. The molecule has 0 spiro atoms. The third kappa shape index (κ3) is 5.72. The summed E-state index contributed by atoms with van der Waals surface area (Å²) in [6.45, 7) is 1.93. The zero-order valence-electron chi connectivity index (χ0n) is 22.2. The fraction of sp³-hybridized carbons (Fsp3) is 0.176. The third-order valence-corrected chi connectivity index (χ3v) is 9.03. The van der Waals surface area contributed by atoms with Gasteiger partial charge >= 0.3 is 0 Å². The van der Waals surface area contributed by atoms with Crippen molar-refractivity contribution in [3.8, 4) is 0 Å². The van der Waals surface area contributed by atoms with Crippen molar-refractivity contribution < 1.29 is 4.79 Å². The van der Waals surface area contributed by atoms with Crippen LogP contribution in [0.25, 0.3) is 0 Å². The summed E-state index contributed by atoms with van der Waals surface area (Å²) >= 11 is 7.70. The van der Waals surface area contributed by atoms with Gasteiger partial charge < -0.3 is 5.32 Å². The van der Waals surface area contributed by atoms with Gasteiger partial charge in [-0.1, -0.05) is 72.3 Å². The number of thioether (sulfide) groups is 1. The smallest absolute Gasteiger partial charge is 0.271 e. The number of halogens is 1. The summed E-state index contributed by atoms with van der Waals surface area (Å²) in [5, 5.41) is 8.96. The Morgan fingerprint density at radius 3 is 2.50 bits per heavy atom. The largest absolute Gasteiger partial charge is 0.378 e. The first-order valence-corrected chi connectivity index (χ1v) is 14.9. The molecule has 0 bridgehead atoms. The average molecular weight is 564 g/mol. The molecular formula is C34H30ClN3OS. The molecule has 4 nitrogen and oxygen atoms in total. The predicted molar refractivity (Wildman–Crippen MR) is 166 cm³/mol. The fourth-order valence-corrected chi connectivity index (χ4v) is 6.50. The lowest BCUT2D eigenvalue weighted by Gasteiger charge is -2.37. The van der Waals surface area contributed by atoms with E-state index in [9.17, 15) is 4.79 Å². The van der Waals surface area contributed by atoms with E-state index in [0.717, 1.165) is 44.6 Å². The highest BCUT2D eigenvalue weighted by Gasteiger charge is 2.37. The zero-order valence-corrected chi connectivity index (χ0v) is 23.8. The lowest BCUT2D eigenvalue weighted by Crippen LogP contribution is -2.29. The molecule has 0 saturated carbocycles. The maximum Gasteiger partial charge on any atom is 0.271 e. The SMILES string of the molecule is C/C(=N/NC(=O)c1ccc(CSc2ccc(Cl)cc2)cc1)c1ccc2c(c1)[C@@H]1C=CC[C@@H]1[C@H](c1ccccc1)N2. The van der Waals surface area contributed by atoms with Gasteiger partial charge in [-0.3, -0.25) is 4.79 Å². The van der Waals surface area contributed by atoms with Crippen LogP contribution in [-0.2, 0) is 5.75 Å². The molecule has 2 aliphatic rings. The number of carbonyl (C=O) groups excluding carboxylic acids is 1. The van der Waals surface area contributed by atoms with Gasteiger partial charge in [0.2, 0.25) is 0 Å². The maximum atomic E-state index is 12.8. The molecule has 0 saturated heterocycles.